The molecule has 10 heteroatoms. The van der Waals surface area contributed by atoms with Gasteiger partial charge in [0.2, 0.25) is 6.79 Å². The zero-order valence-electron chi connectivity index (χ0n) is 17.0. The molecule has 0 saturated carbocycles. The number of fused-ring (bicyclic) bond motifs is 1. The summed E-state index contributed by atoms with van der Waals surface area (Å²) in [5.41, 5.74) is 0.258. The molecule has 164 valence electrons. The average molecular weight is 431 g/mol. The van der Waals surface area contributed by atoms with E-state index in [1.54, 1.807) is 19.1 Å². The van der Waals surface area contributed by atoms with Crippen molar-refractivity contribution in [3.63, 3.8) is 0 Å². The van der Waals surface area contributed by atoms with Crippen LogP contribution in [-0.4, -0.2) is 54.2 Å². The van der Waals surface area contributed by atoms with Crippen LogP contribution in [0.1, 0.15) is 23.7 Å². The lowest BCUT2D eigenvalue weighted by atomic mass is 10.1. The second kappa shape index (κ2) is 9.43. The van der Waals surface area contributed by atoms with Crippen LogP contribution in [0.5, 0.6) is 11.5 Å². The number of amides is 3. The highest BCUT2D eigenvalue weighted by molar-refractivity contribution is 6.39. The number of nitrogens with zero attached hydrogens (tertiary/aromatic N) is 1. The molecule has 0 fully saturated rings. The quantitative estimate of drug-likeness (QED) is 0.602. The van der Waals surface area contributed by atoms with Crippen LogP contribution in [0.15, 0.2) is 36.4 Å². The maximum Gasteiger partial charge on any atom is 0.313 e. The zero-order valence-corrected chi connectivity index (χ0v) is 17.0. The fourth-order valence-electron chi connectivity index (χ4n) is 2.77. The van der Waals surface area contributed by atoms with Crippen LogP contribution >= 0.6 is 0 Å². The molecule has 3 amide bonds. The Morgan fingerprint density at radius 2 is 1.87 bits per heavy atom. The Bertz CT molecular complexity index is 1010. The van der Waals surface area contributed by atoms with Gasteiger partial charge in [-0.05, 0) is 49.7 Å². The lowest BCUT2D eigenvalue weighted by Gasteiger charge is -2.17. The van der Waals surface area contributed by atoms with Gasteiger partial charge < -0.3 is 30.1 Å². The van der Waals surface area contributed by atoms with Crippen molar-refractivity contribution in [1.29, 1.82) is 0 Å². The van der Waals surface area contributed by atoms with Crippen LogP contribution in [-0.2, 0) is 9.59 Å². The second-order valence-corrected chi connectivity index (χ2v) is 7.04. The molecular formula is C21H22FN3O6. The van der Waals surface area contributed by atoms with Crippen molar-refractivity contribution in [3.05, 3.63) is 47.8 Å². The van der Waals surface area contributed by atoms with E-state index >= 15 is 0 Å². The van der Waals surface area contributed by atoms with Crippen molar-refractivity contribution in [2.24, 2.45) is 0 Å². The number of anilines is 2. The van der Waals surface area contributed by atoms with E-state index in [-0.39, 0.29) is 24.7 Å². The summed E-state index contributed by atoms with van der Waals surface area (Å²) in [5, 5.41) is 14.1. The van der Waals surface area contributed by atoms with Gasteiger partial charge in [-0.2, -0.15) is 0 Å². The lowest BCUT2D eigenvalue weighted by Crippen LogP contribution is -2.38. The number of carbonyl (C=O) groups excluding carboxylic acids is 3. The molecule has 1 heterocycles. The summed E-state index contributed by atoms with van der Waals surface area (Å²) in [5.74, 6) is -2.18. The first-order valence-corrected chi connectivity index (χ1v) is 9.49. The Labute approximate surface area is 177 Å². The summed E-state index contributed by atoms with van der Waals surface area (Å²) in [6.07, 6.45) is -0.327. The number of ether oxygens (including phenoxy) is 2. The number of nitrogens with one attached hydrogen (secondary N) is 2. The van der Waals surface area contributed by atoms with E-state index in [1.807, 2.05) is 0 Å². The molecule has 2 aromatic rings. The summed E-state index contributed by atoms with van der Waals surface area (Å²) in [6.45, 7) is 1.81. The van der Waals surface area contributed by atoms with E-state index in [4.69, 9.17) is 9.47 Å². The third-order valence-electron chi connectivity index (χ3n) is 4.53. The van der Waals surface area contributed by atoms with Crippen LogP contribution in [0.2, 0.25) is 0 Å². The third-order valence-corrected chi connectivity index (χ3v) is 4.53. The van der Waals surface area contributed by atoms with E-state index < -0.39 is 29.6 Å². The molecule has 1 aliphatic rings. The number of carbonyl (C=O) groups is 3. The number of benzene rings is 2. The molecule has 31 heavy (non-hydrogen) atoms. The van der Waals surface area contributed by atoms with Crippen molar-refractivity contribution in [2.45, 2.75) is 19.4 Å². The normalized spacial score (nSPS) is 12.8. The first kappa shape index (κ1) is 22.0. The van der Waals surface area contributed by atoms with Gasteiger partial charge in [-0.1, -0.05) is 0 Å². The average Bonchev–Trinajstić information content (AvgIpc) is 3.21. The smallest absolute Gasteiger partial charge is 0.313 e. The molecule has 0 saturated heterocycles. The van der Waals surface area contributed by atoms with Crippen molar-refractivity contribution in [3.8, 4) is 11.5 Å². The lowest BCUT2D eigenvalue weighted by molar-refractivity contribution is -0.142. The van der Waals surface area contributed by atoms with Gasteiger partial charge in [0, 0.05) is 24.8 Å². The first-order valence-electron chi connectivity index (χ1n) is 9.49. The molecular weight excluding hydrogens is 409 g/mol. The van der Waals surface area contributed by atoms with E-state index in [9.17, 15) is 23.9 Å². The summed E-state index contributed by atoms with van der Waals surface area (Å²) in [6, 6.07) is 8.27. The topological polar surface area (TPSA) is 117 Å². The first-order chi connectivity index (χ1) is 14.7. The fraction of sp³-hybridized carbons (Fsp3) is 0.286. The zero-order chi connectivity index (χ0) is 22.5. The Morgan fingerprint density at radius 3 is 2.61 bits per heavy atom. The molecule has 3 N–H and O–H groups in total. The van der Waals surface area contributed by atoms with Crippen LogP contribution in [0.25, 0.3) is 0 Å². The van der Waals surface area contributed by atoms with Crippen LogP contribution in [0, 0.1) is 5.82 Å². The van der Waals surface area contributed by atoms with E-state index in [0.717, 1.165) is 11.0 Å². The predicted octanol–water partition coefficient (Wildman–Crippen LogP) is 1.97. The van der Waals surface area contributed by atoms with E-state index in [2.05, 4.69) is 10.6 Å². The van der Waals surface area contributed by atoms with Crippen molar-refractivity contribution in [2.75, 3.05) is 31.0 Å². The minimum absolute atomic E-state index is 0.0777. The fourth-order valence-corrected chi connectivity index (χ4v) is 2.77. The number of hydrogen-bond donors (Lipinski definition) is 3. The Morgan fingerprint density at radius 1 is 1.13 bits per heavy atom. The van der Waals surface area contributed by atoms with Gasteiger partial charge in [-0.25, -0.2) is 4.39 Å². The van der Waals surface area contributed by atoms with Gasteiger partial charge in [0.1, 0.15) is 5.82 Å². The Balaban J connectivity index is 1.66. The van der Waals surface area contributed by atoms with Gasteiger partial charge >= 0.3 is 11.8 Å². The van der Waals surface area contributed by atoms with Gasteiger partial charge in [-0.3, -0.25) is 14.4 Å². The molecule has 0 radical (unpaired) electrons. The van der Waals surface area contributed by atoms with Gasteiger partial charge in [0.25, 0.3) is 5.91 Å². The van der Waals surface area contributed by atoms with Crippen LogP contribution in [0.3, 0.4) is 0 Å². The SMILES string of the molecule is C[C@H](O)CCN(C)C(=O)C(=O)Nc1cc(NC(=O)c2ccc3c(c2)OCO3)ccc1F. The number of halogens is 1. The minimum Gasteiger partial charge on any atom is -0.454 e. The molecule has 1 atom stereocenters. The number of likely N-dealkylation sites (N-methyl/N-ethyl adjacent to an activating group) is 1. The molecule has 2 aromatic carbocycles. The monoisotopic (exact) mass is 431 g/mol. The summed E-state index contributed by atoms with van der Waals surface area (Å²) in [7, 11) is 1.41. The molecule has 0 bridgehead atoms. The van der Waals surface area contributed by atoms with Crippen molar-refractivity contribution in [1.82, 2.24) is 4.90 Å². The summed E-state index contributed by atoms with van der Waals surface area (Å²) in [4.78, 5) is 37.9. The Hall–Kier alpha value is -3.66. The third kappa shape index (κ3) is 5.48. The molecule has 0 aliphatic carbocycles. The van der Waals surface area contributed by atoms with Crippen molar-refractivity contribution < 1.29 is 33.4 Å². The number of hydrogen-bond acceptors (Lipinski definition) is 6. The molecule has 0 spiro atoms. The molecule has 9 nitrogen and oxygen atoms in total. The van der Waals surface area contributed by atoms with Crippen molar-refractivity contribution >= 4 is 29.1 Å². The number of rotatable bonds is 6. The largest absolute Gasteiger partial charge is 0.454 e. The maximum absolute atomic E-state index is 14.1. The molecule has 1 aliphatic heterocycles. The minimum atomic E-state index is -1.04. The van der Waals surface area contributed by atoms with Crippen LogP contribution in [0.4, 0.5) is 15.8 Å². The second-order valence-electron chi connectivity index (χ2n) is 7.04. The van der Waals surface area contributed by atoms with Gasteiger partial charge in [-0.15, -0.1) is 0 Å². The van der Waals surface area contributed by atoms with Crippen LogP contribution < -0.4 is 20.1 Å². The maximum atomic E-state index is 14.1. The van der Waals surface area contributed by atoms with Gasteiger partial charge in [0.05, 0.1) is 11.8 Å². The predicted molar refractivity (Wildman–Crippen MR) is 109 cm³/mol. The molecule has 3 rings (SSSR count). The summed E-state index contributed by atoms with van der Waals surface area (Å²) >= 11 is 0. The number of aliphatic hydroxyl groups excluding tert-OH is 1. The van der Waals surface area contributed by atoms with Gasteiger partial charge in [0.15, 0.2) is 11.5 Å². The highest BCUT2D eigenvalue weighted by Gasteiger charge is 2.21. The standard InChI is InChI=1S/C21H22FN3O6/c1-12(26)7-8-25(2)21(29)20(28)24-16-10-14(4-5-15(16)22)23-19(27)13-3-6-17-18(9-13)31-11-30-17/h3-6,9-10,12,26H,7-8,11H2,1-2H3,(H,23,27)(H,24,28)/t12-/m0/s1. The van der Waals surface area contributed by atoms with E-state index in [1.165, 1.54) is 25.2 Å². The molecule has 0 unspecified atom stereocenters. The summed E-state index contributed by atoms with van der Waals surface area (Å²) < 4.78 is 24.6. The molecule has 0 aromatic heterocycles. The van der Waals surface area contributed by atoms with E-state index in [0.29, 0.717) is 23.5 Å². The highest BCUT2D eigenvalue weighted by atomic mass is 19.1. The Kier molecular flexibility index (Phi) is 6.71. The highest BCUT2D eigenvalue weighted by Crippen LogP contribution is 2.32. The number of aliphatic hydroxyl groups is 1.